The monoisotopic (exact) mass is 283 g/mol. The Balaban J connectivity index is 1.87. The number of rotatable bonds is 2. The fourth-order valence-electron chi connectivity index (χ4n) is 2.93. The van der Waals surface area contributed by atoms with Crippen molar-refractivity contribution in [1.29, 1.82) is 0 Å². The summed E-state index contributed by atoms with van der Waals surface area (Å²) in [6.07, 6.45) is 1.85. The molecule has 0 unspecified atom stereocenters. The van der Waals surface area contributed by atoms with Crippen molar-refractivity contribution >= 4 is 5.91 Å². The Morgan fingerprint density at radius 2 is 1.95 bits per heavy atom. The number of halogens is 1. The van der Waals surface area contributed by atoms with E-state index in [4.69, 9.17) is 0 Å². The van der Waals surface area contributed by atoms with E-state index in [9.17, 15) is 9.18 Å². The molecule has 1 aliphatic heterocycles. The van der Waals surface area contributed by atoms with E-state index >= 15 is 0 Å². The van der Waals surface area contributed by atoms with Gasteiger partial charge in [-0.15, -0.1) is 0 Å². The summed E-state index contributed by atoms with van der Waals surface area (Å²) in [6, 6.07) is 14.2. The standard InChI is InChI=1S/C18H18FNO/c1-13-7-9-14(10-8-13)18(21)20-11-3-6-17(20)15-4-2-5-16(19)12-15/h2,4-5,7-10,12,17H,3,6,11H2,1H3/t17-/m1/s1. The largest absolute Gasteiger partial charge is 0.332 e. The Labute approximate surface area is 124 Å². The van der Waals surface area contributed by atoms with Crippen molar-refractivity contribution in [2.24, 2.45) is 0 Å². The second-order valence-electron chi connectivity index (χ2n) is 5.58. The number of nitrogens with zero attached hydrogens (tertiary/aromatic N) is 1. The highest BCUT2D eigenvalue weighted by Gasteiger charge is 2.30. The van der Waals surface area contributed by atoms with Crippen molar-refractivity contribution in [2.75, 3.05) is 6.54 Å². The lowest BCUT2D eigenvalue weighted by Crippen LogP contribution is -2.30. The first-order chi connectivity index (χ1) is 10.1. The van der Waals surface area contributed by atoms with Crippen molar-refractivity contribution < 1.29 is 9.18 Å². The normalized spacial score (nSPS) is 18.0. The van der Waals surface area contributed by atoms with Crippen molar-refractivity contribution in [3.05, 3.63) is 71.0 Å². The average molecular weight is 283 g/mol. The van der Waals surface area contributed by atoms with Crippen LogP contribution in [0.25, 0.3) is 0 Å². The molecule has 1 heterocycles. The van der Waals surface area contributed by atoms with Crippen LogP contribution in [-0.4, -0.2) is 17.4 Å². The highest BCUT2D eigenvalue weighted by molar-refractivity contribution is 5.94. The summed E-state index contributed by atoms with van der Waals surface area (Å²) in [4.78, 5) is 14.5. The predicted molar refractivity (Wildman–Crippen MR) is 80.6 cm³/mol. The molecule has 1 atom stereocenters. The van der Waals surface area contributed by atoms with E-state index < -0.39 is 0 Å². The van der Waals surface area contributed by atoms with E-state index in [1.54, 1.807) is 6.07 Å². The fraction of sp³-hybridized carbons (Fsp3) is 0.278. The molecule has 0 N–H and O–H groups in total. The lowest BCUT2D eigenvalue weighted by Gasteiger charge is -2.25. The maximum Gasteiger partial charge on any atom is 0.254 e. The molecule has 108 valence electrons. The zero-order valence-corrected chi connectivity index (χ0v) is 12.1. The minimum Gasteiger partial charge on any atom is -0.332 e. The van der Waals surface area contributed by atoms with E-state index in [0.717, 1.165) is 30.5 Å². The first-order valence-electron chi connectivity index (χ1n) is 7.28. The summed E-state index contributed by atoms with van der Waals surface area (Å²) in [5.41, 5.74) is 2.71. The maximum absolute atomic E-state index is 13.4. The smallest absolute Gasteiger partial charge is 0.254 e. The summed E-state index contributed by atoms with van der Waals surface area (Å²) < 4.78 is 13.4. The number of carbonyl (C=O) groups is 1. The number of hydrogen-bond donors (Lipinski definition) is 0. The van der Waals surface area contributed by atoms with E-state index in [0.29, 0.717) is 5.56 Å². The number of carbonyl (C=O) groups excluding carboxylic acids is 1. The van der Waals surface area contributed by atoms with Crippen LogP contribution >= 0.6 is 0 Å². The van der Waals surface area contributed by atoms with Crippen molar-refractivity contribution in [3.8, 4) is 0 Å². The van der Waals surface area contributed by atoms with Crippen molar-refractivity contribution in [2.45, 2.75) is 25.8 Å². The van der Waals surface area contributed by atoms with Gasteiger partial charge in [-0.3, -0.25) is 4.79 Å². The van der Waals surface area contributed by atoms with Gasteiger partial charge < -0.3 is 4.90 Å². The lowest BCUT2D eigenvalue weighted by atomic mass is 10.0. The van der Waals surface area contributed by atoms with Gasteiger partial charge in [0.1, 0.15) is 5.82 Å². The first kappa shape index (κ1) is 13.8. The van der Waals surface area contributed by atoms with E-state index in [1.807, 2.05) is 42.2 Å². The van der Waals surface area contributed by atoms with Crippen molar-refractivity contribution in [1.82, 2.24) is 4.90 Å². The molecule has 1 saturated heterocycles. The second-order valence-corrected chi connectivity index (χ2v) is 5.58. The zero-order chi connectivity index (χ0) is 14.8. The van der Waals surface area contributed by atoms with Crippen LogP contribution in [0.4, 0.5) is 4.39 Å². The third-order valence-corrected chi connectivity index (χ3v) is 4.05. The van der Waals surface area contributed by atoms with Crippen LogP contribution in [0.2, 0.25) is 0 Å². The number of amides is 1. The van der Waals surface area contributed by atoms with Gasteiger partial charge in [-0.2, -0.15) is 0 Å². The van der Waals surface area contributed by atoms with E-state index in [2.05, 4.69) is 0 Å². The number of aryl methyl sites for hydroxylation is 1. The van der Waals surface area contributed by atoms with Crippen LogP contribution < -0.4 is 0 Å². The average Bonchev–Trinajstić information content (AvgIpc) is 2.97. The molecule has 1 aliphatic rings. The van der Waals surface area contributed by atoms with E-state index in [-0.39, 0.29) is 17.8 Å². The van der Waals surface area contributed by atoms with Gasteiger partial charge in [0, 0.05) is 12.1 Å². The SMILES string of the molecule is Cc1ccc(C(=O)N2CCC[C@@H]2c2cccc(F)c2)cc1. The number of likely N-dealkylation sites (tertiary alicyclic amines) is 1. The quantitative estimate of drug-likeness (QED) is 0.812. The van der Waals surface area contributed by atoms with Crippen LogP contribution in [0.15, 0.2) is 48.5 Å². The minimum atomic E-state index is -0.248. The zero-order valence-electron chi connectivity index (χ0n) is 12.1. The Hall–Kier alpha value is -2.16. The highest BCUT2D eigenvalue weighted by Crippen LogP contribution is 2.33. The Kier molecular flexibility index (Phi) is 3.74. The van der Waals surface area contributed by atoms with E-state index in [1.165, 1.54) is 12.1 Å². The molecule has 1 fully saturated rings. The van der Waals surface area contributed by atoms with Gasteiger partial charge >= 0.3 is 0 Å². The van der Waals surface area contributed by atoms with Gasteiger partial charge in [0.15, 0.2) is 0 Å². The minimum absolute atomic E-state index is 0.0190. The van der Waals surface area contributed by atoms with Gasteiger partial charge in [0.2, 0.25) is 0 Å². The Bertz CT molecular complexity index is 651. The number of hydrogen-bond acceptors (Lipinski definition) is 1. The summed E-state index contributed by atoms with van der Waals surface area (Å²) >= 11 is 0. The molecular weight excluding hydrogens is 265 g/mol. The molecule has 2 aromatic rings. The molecule has 3 heteroatoms. The van der Waals surface area contributed by atoms with Gasteiger partial charge in [-0.25, -0.2) is 4.39 Å². The Morgan fingerprint density at radius 1 is 1.19 bits per heavy atom. The molecule has 0 aromatic heterocycles. The molecular formula is C18H18FNO. The first-order valence-corrected chi connectivity index (χ1v) is 7.28. The third kappa shape index (κ3) is 2.82. The summed E-state index contributed by atoms with van der Waals surface area (Å²) in [5, 5.41) is 0. The van der Waals surface area contributed by atoms with Crippen LogP contribution in [0.3, 0.4) is 0 Å². The van der Waals surface area contributed by atoms with Crippen LogP contribution in [0, 0.1) is 12.7 Å². The van der Waals surface area contributed by atoms with Crippen LogP contribution in [-0.2, 0) is 0 Å². The molecule has 21 heavy (non-hydrogen) atoms. The summed E-state index contributed by atoms with van der Waals surface area (Å²) in [7, 11) is 0. The predicted octanol–water partition coefficient (Wildman–Crippen LogP) is 4.11. The van der Waals surface area contributed by atoms with Gasteiger partial charge in [-0.1, -0.05) is 29.8 Å². The van der Waals surface area contributed by atoms with Gasteiger partial charge in [0.25, 0.3) is 5.91 Å². The van der Waals surface area contributed by atoms with Gasteiger partial charge in [0.05, 0.1) is 6.04 Å². The summed E-state index contributed by atoms with van der Waals surface area (Å²) in [6.45, 7) is 2.73. The second kappa shape index (κ2) is 5.68. The van der Waals surface area contributed by atoms with Crippen LogP contribution in [0.5, 0.6) is 0 Å². The lowest BCUT2D eigenvalue weighted by molar-refractivity contribution is 0.0735. The number of benzene rings is 2. The molecule has 2 nitrogen and oxygen atoms in total. The molecule has 0 bridgehead atoms. The fourth-order valence-corrected chi connectivity index (χ4v) is 2.93. The molecule has 0 aliphatic carbocycles. The molecule has 2 aromatic carbocycles. The van der Waals surface area contributed by atoms with Gasteiger partial charge in [-0.05, 0) is 49.6 Å². The molecule has 0 spiro atoms. The third-order valence-electron chi connectivity index (χ3n) is 4.05. The molecule has 3 rings (SSSR count). The molecule has 0 saturated carbocycles. The summed E-state index contributed by atoms with van der Waals surface area (Å²) in [5.74, 6) is -0.219. The van der Waals surface area contributed by atoms with Crippen LogP contribution in [0.1, 0.15) is 40.4 Å². The topological polar surface area (TPSA) is 20.3 Å². The van der Waals surface area contributed by atoms with Crippen molar-refractivity contribution in [3.63, 3.8) is 0 Å². The Morgan fingerprint density at radius 3 is 2.67 bits per heavy atom. The highest BCUT2D eigenvalue weighted by atomic mass is 19.1. The molecule has 1 amide bonds. The maximum atomic E-state index is 13.4. The molecule has 0 radical (unpaired) electrons.